The van der Waals surface area contributed by atoms with Gasteiger partial charge in [0.15, 0.2) is 0 Å². The second-order valence-electron chi connectivity index (χ2n) is 9.75. The number of thioether (sulfide) groups is 1. The number of carbonyl (C=O) groups excluding carboxylic acids is 2. The maximum absolute atomic E-state index is 14.1. The summed E-state index contributed by atoms with van der Waals surface area (Å²) in [6.45, 7) is 5.75. The summed E-state index contributed by atoms with van der Waals surface area (Å²) >= 11 is 14.2. The molecular formula is C29H31Cl2FN2O2S. The highest BCUT2D eigenvalue weighted by Crippen LogP contribution is 2.28. The Bertz CT molecular complexity index is 1200. The van der Waals surface area contributed by atoms with Gasteiger partial charge in [0.25, 0.3) is 0 Å². The molecule has 1 unspecified atom stereocenters. The second kappa shape index (κ2) is 13.3. The van der Waals surface area contributed by atoms with Crippen molar-refractivity contribution in [3.63, 3.8) is 0 Å². The Labute approximate surface area is 232 Å². The summed E-state index contributed by atoms with van der Waals surface area (Å²) in [6.07, 6.45) is 0.314. The number of nitrogens with zero attached hydrogens (tertiary/aromatic N) is 1. The van der Waals surface area contributed by atoms with E-state index in [2.05, 4.69) is 5.32 Å². The monoisotopic (exact) mass is 560 g/mol. The molecule has 0 saturated heterocycles. The van der Waals surface area contributed by atoms with Gasteiger partial charge in [-0.15, -0.1) is 11.8 Å². The first kappa shape index (κ1) is 29.0. The molecule has 1 N–H and O–H groups in total. The van der Waals surface area contributed by atoms with Gasteiger partial charge < -0.3 is 10.2 Å². The molecule has 4 nitrogen and oxygen atoms in total. The normalized spacial score (nSPS) is 12.2. The van der Waals surface area contributed by atoms with Crippen LogP contribution >= 0.6 is 35.0 Å². The van der Waals surface area contributed by atoms with Crippen molar-refractivity contribution < 1.29 is 14.0 Å². The molecule has 196 valence electrons. The molecule has 0 aliphatic carbocycles. The maximum Gasteiger partial charge on any atom is 0.243 e. The molecule has 1 atom stereocenters. The number of carbonyl (C=O) groups is 2. The highest BCUT2D eigenvalue weighted by atomic mass is 35.5. The molecule has 0 bridgehead atoms. The standard InChI is InChI=1S/C29H31Cl2FN2O2S/c1-29(2,3)33-28(36)26(16-20-10-5-4-6-11-20)34(17-22-23(30)13-9-14-24(22)31)27(35)19-37-18-21-12-7-8-15-25(21)32/h4-15,26H,16-19H2,1-3H3,(H,33,36). The lowest BCUT2D eigenvalue weighted by molar-refractivity contribution is -0.140. The van der Waals surface area contributed by atoms with E-state index < -0.39 is 11.6 Å². The topological polar surface area (TPSA) is 49.4 Å². The minimum atomic E-state index is -0.810. The zero-order valence-electron chi connectivity index (χ0n) is 21.1. The number of amides is 2. The van der Waals surface area contributed by atoms with Gasteiger partial charge in [0, 0.05) is 39.9 Å². The Morgan fingerprint density at radius 1 is 0.946 bits per heavy atom. The lowest BCUT2D eigenvalue weighted by atomic mass is 10.0. The van der Waals surface area contributed by atoms with Crippen LogP contribution in [0.2, 0.25) is 10.0 Å². The summed E-state index contributed by atoms with van der Waals surface area (Å²) < 4.78 is 14.1. The molecular weight excluding hydrogens is 530 g/mol. The molecule has 0 aromatic heterocycles. The third-order valence-electron chi connectivity index (χ3n) is 5.60. The molecule has 2 amide bonds. The molecule has 0 aliphatic heterocycles. The van der Waals surface area contributed by atoms with Gasteiger partial charge in [-0.3, -0.25) is 9.59 Å². The van der Waals surface area contributed by atoms with Gasteiger partial charge in [-0.1, -0.05) is 77.8 Å². The minimum Gasteiger partial charge on any atom is -0.350 e. The molecule has 3 rings (SSSR count). The summed E-state index contributed by atoms with van der Waals surface area (Å²) in [4.78, 5) is 28.8. The zero-order chi connectivity index (χ0) is 27.0. The number of rotatable bonds is 10. The third-order valence-corrected chi connectivity index (χ3v) is 7.27. The Balaban J connectivity index is 1.93. The quantitative estimate of drug-likeness (QED) is 0.292. The molecule has 0 fully saturated rings. The van der Waals surface area contributed by atoms with Crippen LogP contribution < -0.4 is 5.32 Å². The van der Waals surface area contributed by atoms with Crippen molar-refractivity contribution in [1.82, 2.24) is 10.2 Å². The summed E-state index contributed by atoms with van der Waals surface area (Å²) in [5, 5.41) is 3.86. The summed E-state index contributed by atoms with van der Waals surface area (Å²) in [6, 6.07) is 20.4. The highest BCUT2D eigenvalue weighted by molar-refractivity contribution is 7.99. The Kier molecular flexibility index (Phi) is 10.4. The van der Waals surface area contributed by atoms with Gasteiger partial charge in [0.05, 0.1) is 5.75 Å². The fourth-order valence-corrected chi connectivity index (χ4v) is 5.22. The van der Waals surface area contributed by atoms with Crippen molar-refractivity contribution in [2.75, 3.05) is 5.75 Å². The Hall–Kier alpha value is -2.54. The smallest absolute Gasteiger partial charge is 0.243 e. The predicted molar refractivity (Wildman–Crippen MR) is 151 cm³/mol. The fraction of sp³-hybridized carbons (Fsp3) is 0.310. The van der Waals surface area contributed by atoms with Crippen LogP contribution in [-0.2, 0) is 28.3 Å². The van der Waals surface area contributed by atoms with Gasteiger partial charge in [-0.25, -0.2) is 4.39 Å². The summed E-state index contributed by atoms with van der Waals surface area (Å²) in [5.74, 6) is -0.454. The molecule has 0 spiro atoms. The SMILES string of the molecule is CC(C)(C)NC(=O)C(Cc1ccccc1)N(Cc1c(Cl)cccc1Cl)C(=O)CSCc1ccccc1F. The van der Waals surface area contributed by atoms with Crippen LogP contribution in [0.5, 0.6) is 0 Å². The largest absolute Gasteiger partial charge is 0.350 e. The molecule has 37 heavy (non-hydrogen) atoms. The van der Waals surface area contributed by atoms with E-state index in [9.17, 15) is 14.0 Å². The third kappa shape index (κ3) is 8.77. The Morgan fingerprint density at radius 2 is 1.57 bits per heavy atom. The molecule has 0 saturated carbocycles. The summed E-state index contributed by atoms with van der Waals surface area (Å²) in [5.41, 5.74) is 1.51. The van der Waals surface area contributed by atoms with Gasteiger partial charge in [-0.05, 0) is 50.1 Å². The molecule has 3 aromatic carbocycles. The number of halogens is 3. The van der Waals surface area contributed by atoms with E-state index in [1.54, 1.807) is 36.4 Å². The predicted octanol–water partition coefficient (Wildman–Crippen LogP) is 6.92. The second-order valence-corrected chi connectivity index (χ2v) is 11.6. The van der Waals surface area contributed by atoms with Crippen LogP contribution in [0.25, 0.3) is 0 Å². The van der Waals surface area contributed by atoms with Crippen molar-refractivity contribution in [3.05, 3.63) is 105 Å². The van der Waals surface area contributed by atoms with Crippen molar-refractivity contribution in [2.45, 2.75) is 51.1 Å². The first-order valence-corrected chi connectivity index (χ1v) is 13.9. The molecule has 0 heterocycles. The van der Waals surface area contributed by atoms with Crippen molar-refractivity contribution in [1.29, 1.82) is 0 Å². The summed E-state index contributed by atoms with van der Waals surface area (Å²) in [7, 11) is 0. The van der Waals surface area contributed by atoms with Crippen LogP contribution in [-0.4, -0.2) is 34.0 Å². The maximum atomic E-state index is 14.1. The van der Waals surface area contributed by atoms with Crippen LogP contribution in [0.4, 0.5) is 4.39 Å². The van der Waals surface area contributed by atoms with E-state index in [0.717, 1.165) is 5.56 Å². The van der Waals surface area contributed by atoms with E-state index in [0.29, 0.717) is 33.3 Å². The highest BCUT2D eigenvalue weighted by Gasteiger charge is 2.33. The first-order chi connectivity index (χ1) is 17.5. The fourth-order valence-electron chi connectivity index (χ4n) is 3.81. The van der Waals surface area contributed by atoms with Gasteiger partial charge in [0.1, 0.15) is 11.9 Å². The van der Waals surface area contributed by atoms with Crippen molar-refractivity contribution in [2.24, 2.45) is 0 Å². The molecule has 8 heteroatoms. The minimum absolute atomic E-state index is 0.0600. The van der Waals surface area contributed by atoms with E-state index in [1.165, 1.54) is 22.7 Å². The number of hydrogen-bond acceptors (Lipinski definition) is 3. The van der Waals surface area contributed by atoms with Crippen LogP contribution in [0.1, 0.15) is 37.5 Å². The number of nitrogens with one attached hydrogen (secondary N) is 1. The molecule has 0 radical (unpaired) electrons. The lowest BCUT2D eigenvalue weighted by Gasteiger charge is -2.34. The number of hydrogen-bond donors (Lipinski definition) is 1. The molecule has 3 aromatic rings. The van der Waals surface area contributed by atoms with E-state index in [-0.39, 0.29) is 29.9 Å². The number of benzene rings is 3. The molecule has 0 aliphatic rings. The van der Waals surface area contributed by atoms with E-state index in [4.69, 9.17) is 23.2 Å². The van der Waals surface area contributed by atoms with E-state index in [1.807, 2.05) is 51.1 Å². The van der Waals surface area contributed by atoms with Crippen LogP contribution in [0.15, 0.2) is 72.8 Å². The zero-order valence-corrected chi connectivity index (χ0v) is 23.5. The average Bonchev–Trinajstić information content (AvgIpc) is 2.83. The van der Waals surface area contributed by atoms with Gasteiger partial charge >= 0.3 is 0 Å². The van der Waals surface area contributed by atoms with Crippen molar-refractivity contribution >= 4 is 46.8 Å². The first-order valence-electron chi connectivity index (χ1n) is 11.9. The van der Waals surface area contributed by atoms with Crippen molar-refractivity contribution in [3.8, 4) is 0 Å². The lowest BCUT2D eigenvalue weighted by Crippen LogP contribution is -2.54. The average molecular weight is 562 g/mol. The van der Waals surface area contributed by atoms with Crippen LogP contribution in [0, 0.1) is 5.82 Å². The Morgan fingerprint density at radius 3 is 2.19 bits per heavy atom. The van der Waals surface area contributed by atoms with Crippen LogP contribution in [0.3, 0.4) is 0 Å². The van der Waals surface area contributed by atoms with E-state index >= 15 is 0 Å². The van der Waals surface area contributed by atoms with Gasteiger partial charge in [0.2, 0.25) is 11.8 Å². The van der Waals surface area contributed by atoms with Gasteiger partial charge in [-0.2, -0.15) is 0 Å².